The first-order valence-electron chi connectivity index (χ1n) is 6.45. The molecule has 0 aliphatic heterocycles. The second-order valence-corrected chi connectivity index (χ2v) is 4.60. The second-order valence-electron chi connectivity index (χ2n) is 4.60. The van der Waals surface area contributed by atoms with E-state index >= 15 is 0 Å². The highest BCUT2D eigenvalue weighted by atomic mass is 14.3. The minimum Gasteiger partial charge on any atom is -0.308 e. The van der Waals surface area contributed by atoms with Crippen LogP contribution in [0.2, 0.25) is 0 Å². The van der Waals surface area contributed by atoms with E-state index in [0.717, 1.165) is 17.5 Å². The van der Waals surface area contributed by atoms with Gasteiger partial charge in [0.2, 0.25) is 0 Å². The SMILES string of the molecule is N=Cc1ccccc1-c1ccccc1C1=CC=CC1. The predicted octanol–water partition coefficient (Wildman–Crippen LogP) is 4.69. The highest BCUT2D eigenvalue weighted by molar-refractivity contribution is 5.93. The molecule has 1 heteroatoms. The highest BCUT2D eigenvalue weighted by Gasteiger charge is 2.11. The summed E-state index contributed by atoms with van der Waals surface area (Å²) >= 11 is 0. The fourth-order valence-electron chi connectivity index (χ4n) is 2.51. The maximum Gasteiger partial charge on any atom is 0.0256 e. The van der Waals surface area contributed by atoms with Gasteiger partial charge in [-0.05, 0) is 34.2 Å². The van der Waals surface area contributed by atoms with E-state index in [-0.39, 0.29) is 0 Å². The Morgan fingerprint density at radius 1 is 0.842 bits per heavy atom. The van der Waals surface area contributed by atoms with Gasteiger partial charge in [-0.25, -0.2) is 0 Å². The van der Waals surface area contributed by atoms with Crippen molar-refractivity contribution in [3.8, 4) is 11.1 Å². The number of benzene rings is 2. The van der Waals surface area contributed by atoms with Gasteiger partial charge in [0.1, 0.15) is 0 Å². The van der Waals surface area contributed by atoms with Crippen molar-refractivity contribution < 1.29 is 0 Å². The van der Waals surface area contributed by atoms with E-state index in [4.69, 9.17) is 5.41 Å². The predicted molar refractivity (Wildman–Crippen MR) is 81.5 cm³/mol. The van der Waals surface area contributed by atoms with Gasteiger partial charge in [-0.3, -0.25) is 0 Å². The van der Waals surface area contributed by atoms with Gasteiger partial charge in [-0.2, -0.15) is 0 Å². The minimum atomic E-state index is 0.960. The number of nitrogens with one attached hydrogen (secondary N) is 1. The zero-order valence-electron chi connectivity index (χ0n) is 10.6. The molecule has 92 valence electrons. The molecular formula is C18H15N. The summed E-state index contributed by atoms with van der Waals surface area (Å²) in [4.78, 5) is 0. The minimum absolute atomic E-state index is 0.960. The lowest BCUT2D eigenvalue weighted by Gasteiger charge is -2.12. The molecule has 1 N–H and O–H groups in total. The van der Waals surface area contributed by atoms with E-state index in [2.05, 4.69) is 48.6 Å². The maximum absolute atomic E-state index is 7.56. The molecule has 0 aromatic heterocycles. The molecule has 1 nitrogen and oxygen atoms in total. The standard InChI is InChI=1S/C18H15N/c19-13-15-9-3-4-11-17(15)18-12-6-5-10-16(18)14-7-1-2-8-14/h1-7,9-13,19H,8H2. The Morgan fingerprint density at radius 3 is 2.21 bits per heavy atom. The molecular weight excluding hydrogens is 230 g/mol. The van der Waals surface area contributed by atoms with Gasteiger partial charge in [0.05, 0.1) is 0 Å². The van der Waals surface area contributed by atoms with Crippen LogP contribution in [0.4, 0.5) is 0 Å². The van der Waals surface area contributed by atoms with Crippen molar-refractivity contribution in [3.63, 3.8) is 0 Å². The fourth-order valence-corrected chi connectivity index (χ4v) is 2.51. The molecule has 0 radical (unpaired) electrons. The smallest absolute Gasteiger partial charge is 0.0256 e. The van der Waals surface area contributed by atoms with Crippen LogP contribution >= 0.6 is 0 Å². The average Bonchev–Trinajstić information content (AvgIpc) is 3.01. The van der Waals surface area contributed by atoms with Crippen LogP contribution in [-0.2, 0) is 0 Å². The van der Waals surface area contributed by atoms with Crippen molar-refractivity contribution in [3.05, 3.63) is 77.9 Å². The van der Waals surface area contributed by atoms with Gasteiger partial charge in [0.25, 0.3) is 0 Å². The number of allylic oxidation sites excluding steroid dienone is 4. The third-order valence-electron chi connectivity index (χ3n) is 3.45. The Bertz CT molecular complexity index is 678. The van der Waals surface area contributed by atoms with Crippen molar-refractivity contribution in [2.75, 3.05) is 0 Å². The van der Waals surface area contributed by atoms with Crippen molar-refractivity contribution in [2.45, 2.75) is 6.42 Å². The summed E-state index contributed by atoms with van der Waals surface area (Å²) in [5.41, 5.74) is 5.90. The van der Waals surface area contributed by atoms with Crippen molar-refractivity contribution in [1.82, 2.24) is 0 Å². The van der Waals surface area contributed by atoms with Crippen molar-refractivity contribution in [2.24, 2.45) is 0 Å². The summed E-state index contributed by atoms with van der Waals surface area (Å²) in [7, 11) is 0. The largest absolute Gasteiger partial charge is 0.308 e. The van der Waals surface area contributed by atoms with Crippen LogP contribution in [0.5, 0.6) is 0 Å². The molecule has 0 fully saturated rings. The van der Waals surface area contributed by atoms with E-state index in [0.29, 0.717) is 0 Å². The molecule has 0 atom stereocenters. The van der Waals surface area contributed by atoms with Gasteiger partial charge < -0.3 is 5.41 Å². The van der Waals surface area contributed by atoms with Gasteiger partial charge in [-0.15, -0.1) is 0 Å². The lowest BCUT2D eigenvalue weighted by atomic mass is 9.91. The van der Waals surface area contributed by atoms with E-state index in [1.807, 2.05) is 18.2 Å². The van der Waals surface area contributed by atoms with Gasteiger partial charge in [-0.1, -0.05) is 66.8 Å². The quantitative estimate of drug-likeness (QED) is 0.758. The van der Waals surface area contributed by atoms with Crippen LogP contribution in [0.25, 0.3) is 16.7 Å². The Kier molecular flexibility index (Phi) is 3.11. The molecule has 0 bridgehead atoms. The Morgan fingerprint density at radius 2 is 1.53 bits per heavy atom. The summed E-state index contributed by atoms with van der Waals surface area (Å²) in [6, 6.07) is 16.5. The Balaban J connectivity index is 2.18. The molecule has 0 spiro atoms. The Hall–Kier alpha value is -2.41. The number of rotatable bonds is 3. The van der Waals surface area contributed by atoms with E-state index < -0.39 is 0 Å². The fraction of sp³-hybridized carbons (Fsp3) is 0.0556. The molecule has 0 heterocycles. The van der Waals surface area contributed by atoms with E-state index in [9.17, 15) is 0 Å². The number of hydrogen-bond donors (Lipinski definition) is 1. The zero-order valence-corrected chi connectivity index (χ0v) is 10.6. The molecule has 1 aliphatic rings. The molecule has 0 unspecified atom stereocenters. The maximum atomic E-state index is 7.56. The zero-order chi connectivity index (χ0) is 13.1. The van der Waals surface area contributed by atoms with Crippen LogP contribution in [0, 0.1) is 5.41 Å². The summed E-state index contributed by atoms with van der Waals surface area (Å²) in [5, 5.41) is 7.56. The first kappa shape index (κ1) is 11.7. The van der Waals surface area contributed by atoms with E-state index in [1.165, 1.54) is 22.9 Å². The highest BCUT2D eigenvalue weighted by Crippen LogP contribution is 2.33. The second kappa shape index (κ2) is 5.07. The summed E-state index contributed by atoms with van der Waals surface area (Å²) in [6.45, 7) is 0. The van der Waals surface area contributed by atoms with Crippen molar-refractivity contribution in [1.29, 1.82) is 5.41 Å². The lowest BCUT2D eigenvalue weighted by Crippen LogP contribution is -1.92. The molecule has 2 aromatic rings. The topological polar surface area (TPSA) is 23.9 Å². The van der Waals surface area contributed by atoms with Gasteiger partial charge in [0, 0.05) is 6.21 Å². The lowest BCUT2D eigenvalue weighted by molar-refractivity contribution is 1.42. The van der Waals surface area contributed by atoms with Crippen LogP contribution in [0.1, 0.15) is 17.5 Å². The summed E-state index contributed by atoms with van der Waals surface area (Å²) in [6.07, 6.45) is 8.87. The molecule has 2 aromatic carbocycles. The normalized spacial score (nSPS) is 13.4. The third kappa shape index (κ3) is 2.15. The number of hydrogen-bond acceptors (Lipinski definition) is 1. The summed E-state index contributed by atoms with van der Waals surface area (Å²) < 4.78 is 0. The van der Waals surface area contributed by atoms with Crippen LogP contribution in [0.15, 0.2) is 66.8 Å². The molecule has 19 heavy (non-hydrogen) atoms. The van der Waals surface area contributed by atoms with Crippen molar-refractivity contribution >= 4 is 11.8 Å². The monoisotopic (exact) mass is 245 g/mol. The molecule has 1 aliphatic carbocycles. The summed E-state index contributed by atoms with van der Waals surface area (Å²) in [5.74, 6) is 0. The first-order chi connectivity index (χ1) is 9.40. The molecule has 0 saturated heterocycles. The van der Waals surface area contributed by atoms with Crippen LogP contribution < -0.4 is 0 Å². The molecule has 0 amide bonds. The third-order valence-corrected chi connectivity index (χ3v) is 3.45. The van der Waals surface area contributed by atoms with Crippen LogP contribution in [-0.4, -0.2) is 6.21 Å². The van der Waals surface area contributed by atoms with Gasteiger partial charge >= 0.3 is 0 Å². The van der Waals surface area contributed by atoms with Crippen LogP contribution in [0.3, 0.4) is 0 Å². The first-order valence-corrected chi connectivity index (χ1v) is 6.45. The van der Waals surface area contributed by atoms with E-state index in [1.54, 1.807) is 0 Å². The molecule has 3 rings (SSSR count). The Labute approximate surface area is 113 Å². The van der Waals surface area contributed by atoms with Gasteiger partial charge in [0.15, 0.2) is 0 Å². The average molecular weight is 245 g/mol. The molecule has 0 saturated carbocycles.